The van der Waals surface area contributed by atoms with E-state index in [9.17, 15) is 14.3 Å². The van der Waals surface area contributed by atoms with Crippen molar-refractivity contribution in [3.63, 3.8) is 0 Å². The van der Waals surface area contributed by atoms with Crippen LogP contribution in [0.25, 0.3) is 0 Å². The molecule has 9 heteroatoms. The van der Waals surface area contributed by atoms with Gasteiger partial charge in [-0.2, -0.15) is 0 Å². The molecular formula is C62H113NO7P+. The van der Waals surface area contributed by atoms with Gasteiger partial charge in [0.2, 0.25) is 0 Å². The minimum absolute atomic E-state index is 0.0835. The second-order valence-electron chi connectivity index (χ2n) is 20.6. The van der Waals surface area contributed by atoms with Gasteiger partial charge in [-0.3, -0.25) is 13.8 Å². The molecule has 0 aliphatic carbocycles. The van der Waals surface area contributed by atoms with E-state index >= 15 is 0 Å². The molecule has 2 atom stereocenters. The van der Waals surface area contributed by atoms with Crippen LogP contribution in [-0.2, 0) is 27.9 Å². The Labute approximate surface area is 439 Å². The molecule has 0 aromatic rings. The number of nitrogens with zero attached hydrogens (tertiary/aromatic N) is 1. The molecule has 2 unspecified atom stereocenters. The summed E-state index contributed by atoms with van der Waals surface area (Å²) < 4.78 is 35.3. The van der Waals surface area contributed by atoms with Gasteiger partial charge in [-0.05, 0) is 89.9 Å². The van der Waals surface area contributed by atoms with Crippen LogP contribution in [0.1, 0.15) is 245 Å². The van der Waals surface area contributed by atoms with Crippen molar-refractivity contribution in [2.45, 2.75) is 251 Å². The highest BCUT2D eigenvalue weighted by Crippen LogP contribution is 2.43. The van der Waals surface area contributed by atoms with Crippen molar-refractivity contribution in [2.24, 2.45) is 0 Å². The number of carbonyl (C=O) groups is 1. The van der Waals surface area contributed by atoms with E-state index in [0.717, 1.165) is 77.0 Å². The van der Waals surface area contributed by atoms with Gasteiger partial charge in [-0.1, -0.05) is 234 Å². The fraction of sp³-hybridized carbons (Fsp3) is 0.758. The SMILES string of the molecule is CC/C=C\C/C=C\C/C=C\C/C=C\CCCCCCCCCCCCCCCOCC(COP(=O)(O)OCC[N+](C)(C)C)OC(=O)CCCCCCCCCC/C=C\C/C=C\C/C=C\CCCCCCC. The Morgan fingerprint density at radius 3 is 1.23 bits per heavy atom. The topological polar surface area (TPSA) is 91.3 Å². The van der Waals surface area contributed by atoms with Gasteiger partial charge in [0.25, 0.3) is 0 Å². The Morgan fingerprint density at radius 1 is 0.451 bits per heavy atom. The standard InChI is InChI=1S/C62H112NO7P/c1-6-8-10-12-14-16-18-20-22-24-26-28-30-31-32-34-36-38-40-42-44-46-48-50-52-54-57-67-59-61(60-69-71(65,66)68-58-56-63(3,4)5)70-62(64)55-53-51-49-47-45-43-41-39-37-35-33-29-27-25-23-21-19-17-15-13-11-9-7-2/h8,10,14,16,19-22,25-28,33,35,61H,6-7,9,11-13,15,17-18,23-24,29-32,34,36-60H2,1-5H3/p+1/b10-8-,16-14-,21-19-,22-20-,27-25-,28-26-,35-33-. The number of phosphoric acid groups is 1. The number of hydrogen-bond donors (Lipinski definition) is 1. The van der Waals surface area contributed by atoms with Gasteiger partial charge < -0.3 is 18.9 Å². The zero-order valence-electron chi connectivity index (χ0n) is 46.9. The lowest BCUT2D eigenvalue weighted by molar-refractivity contribution is -0.870. The van der Waals surface area contributed by atoms with Crippen LogP contribution in [-0.4, -0.2) is 75.6 Å². The quantitative estimate of drug-likeness (QED) is 0.0213. The van der Waals surface area contributed by atoms with Crippen LogP contribution >= 0.6 is 7.82 Å². The van der Waals surface area contributed by atoms with E-state index in [4.69, 9.17) is 18.5 Å². The highest BCUT2D eigenvalue weighted by molar-refractivity contribution is 7.47. The Kier molecular flexibility index (Phi) is 52.2. The van der Waals surface area contributed by atoms with E-state index in [1.165, 1.54) is 148 Å². The molecule has 0 saturated heterocycles. The number of ether oxygens (including phenoxy) is 2. The van der Waals surface area contributed by atoms with Crippen LogP contribution in [0.3, 0.4) is 0 Å². The summed E-state index contributed by atoms with van der Waals surface area (Å²) in [4.78, 5) is 23.1. The smallest absolute Gasteiger partial charge is 0.457 e. The Balaban J connectivity index is 4.09. The summed E-state index contributed by atoms with van der Waals surface area (Å²) in [7, 11) is 1.66. The average molecular weight is 1020 g/mol. The number of quaternary nitrogens is 1. The molecule has 0 amide bonds. The Hall–Kier alpha value is -2.32. The van der Waals surface area contributed by atoms with E-state index < -0.39 is 13.9 Å². The number of rotatable bonds is 54. The second kappa shape index (κ2) is 54.0. The molecule has 8 nitrogen and oxygen atoms in total. The minimum Gasteiger partial charge on any atom is -0.457 e. The molecule has 0 spiro atoms. The third kappa shape index (κ3) is 58.4. The molecular weight excluding hydrogens is 902 g/mol. The normalized spacial score (nSPS) is 14.1. The van der Waals surface area contributed by atoms with Gasteiger partial charge in [-0.15, -0.1) is 0 Å². The van der Waals surface area contributed by atoms with Gasteiger partial charge in [0, 0.05) is 13.0 Å². The molecule has 0 aliphatic rings. The van der Waals surface area contributed by atoms with Gasteiger partial charge in [0.1, 0.15) is 19.3 Å². The summed E-state index contributed by atoms with van der Waals surface area (Å²) in [6.45, 7) is 5.50. The monoisotopic (exact) mass is 1010 g/mol. The van der Waals surface area contributed by atoms with Crippen LogP contribution in [0.15, 0.2) is 85.1 Å². The largest absolute Gasteiger partial charge is 0.472 e. The molecule has 0 aliphatic heterocycles. The number of allylic oxidation sites excluding steroid dienone is 14. The van der Waals surface area contributed by atoms with Gasteiger partial charge >= 0.3 is 13.8 Å². The van der Waals surface area contributed by atoms with E-state index in [1.807, 2.05) is 21.1 Å². The third-order valence-corrected chi connectivity index (χ3v) is 13.4. The fourth-order valence-electron chi connectivity index (χ4n) is 7.96. The summed E-state index contributed by atoms with van der Waals surface area (Å²) in [5, 5.41) is 0. The predicted molar refractivity (Wildman–Crippen MR) is 307 cm³/mol. The molecule has 0 rings (SSSR count). The van der Waals surface area contributed by atoms with Crippen LogP contribution < -0.4 is 0 Å². The van der Waals surface area contributed by atoms with Crippen LogP contribution in [0.4, 0.5) is 0 Å². The van der Waals surface area contributed by atoms with E-state index in [0.29, 0.717) is 24.1 Å². The number of unbranched alkanes of at least 4 members (excludes halogenated alkanes) is 26. The highest BCUT2D eigenvalue weighted by Gasteiger charge is 2.26. The first-order valence-electron chi connectivity index (χ1n) is 29.3. The first-order valence-corrected chi connectivity index (χ1v) is 30.8. The van der Waals surface area contributed by atoms with Gasteiger partial charge in [0.05, 0.1) is 34.4 Å². The van der Waals surface area contributed by atoms with Crippen molar-refractivity contribution >= 4 is 13.8 Å². The van der Waals surface area contributed by atoms with E-state index in [-0.39, 0.29) is 25.8 Å². The zero-order valence-corrected chi connectivity index (χ0v) is 47.8. The molecule has 0 bridgehead atoms. The fourth-order valence-corrected chi connectivity index (χ4v) is 8.71. The van der Waals surface area contributed by atoms with Crippen molar-refractivity contribution in [3.05, 3.63) is 85.1 Å². The summed E-state index contributed by atoms with van der Waals surface area (Å²) >= 11 is 0. The first-order chi connectivity index (χ1) is 34.6. The van der Waals surface area contributed by atoms with Crippen LogP contribution in [0.5, 0.6) is 0 Å². The lowest BCUT2D eigenvalue weighted by Crippen LogP contribution is -2.37. The molecule has 0 saturated carbocycles. The molecule has 0 aromatic carbocycles. The number of carbonyl (C=O) groups excluding carboxylic acids is 1. The Bertz CT molecular complexity index is 1410. The average Bonchev–Trinajstić information content (AvgIpc) is 3.33. The molecule has 71 heavy (non-hydrogen) atoms. The number of hydrogen-bond acceptors (Lipinski definition) is 6. The molecule has 0 heterocycles. The summed E-state index contributed by atoms with van der Waals surface area (Å²) in [5.41, 5.74) is 0. The van der Waals surface area contributed by atoms with Crippen molar-refractivity contribution in [1.29, 1.82) is 0 Å². The van der Waals surface area contributed by atoms with Crippen LogP contribution in [0.2, 0.25) is 0 Å². The van der Waals surface area contributed by atoms with Gasteiger partial charge in [-0.25, -0.2) is 4.57 Å². The molecule has 0 radical (unpaired) electrons. The lowest BCUT2D eigenvalue weighted by Gasteiger charge is -2.24. The third-order valence-electron chi connectivity index (χ3n) is 12.4. The number of likely N-dealkylation sites (N-methyl/N-ethyl adjacent to an activating group) is 1. The van der Waals surface area contributed by atoms with E-state index in [2.05, 4.69) is 98.9 Å². The second-order valence-corrected chi connectivity index (χ2v) is 22.1. The first kappa shape index (κ1) is 68.7. The molecule has 1 N–H and O–H groups in total. The van der Waals surface area contributed by atoms with Crippen molar-refractivity contribution < 1.29 is 37.3 Å². The van der Waals surface area contributed by atoms with Crippen LogP contribution in [0, 0.1) is 0 Å². The van der Waals surface area contributed by atoms with E-state index in [1.54, 1.807) is 0 Å². The molecule has 0 aromatic heterocycles. The van der Waals surface area contributed by atoms with Crippen molar-refractivity contribution in [2.75, 3.05) is 54.1 Å². The van der Waals surface area contributed by atoms with Crippen molar-refractivity contribution in [3.8, 4) is 0 Å². The van der Waals surface area contributed by atoms with Gasteiger partial charge in [0.15, 0.2) is 0 Å². The summed E-state index contributed by atoms with van der Waals surface area (Å²) in [6.07, 6.45) is 73.6. The molecule has 412 valence electrons. The number of esters is 1. The maximum atomic E-state index is 12.8. The zero-order chi connectivity index (χ0) is 51.9. The Morgan fingerprint density at radius 2 is 0.817 bits per heavy atom. The number of phosphoric ester groups is 1. The highest BCUT2D eigenvalue weighted by atomic mass is 31.2. The predicted octanol–water partition coefficient (Wildman–Crippen LogP) is 18.7. The lowest BCUT2D eigenvalue weighted by atomic mass is 10.0. The summed E-state index contributed by atoms with van der Waals surface area (Å²) in [6, 6.07) is 0. The maximum absolute atomic E-state index is 12.8. The summed E-state index contributed by atoms with van der Waals surface area (Å²) in [5.74, 6) is -0.321. The molecule has 0 fully saturated rings. The maximum Gasteiger partial charge on any atom is 0.472 e. The van der Waals surface area contributed by atoms with Crippen molar-refractivity contribution in [1.82, 2.24) is 0 Å². The minimum atomic E-state index is -4.29.